The highest BCUT2D eigenvalue weighted by Gasteiger charge is 2.15. The highest BCUT2D eigenvalue weighted by Crippen LogP contribution is 2.27. The molecule has 2 nitrogen and oxygen atoms in total. The van der Waals surface area contributed by atoms with Gasteiger partial charge in [-0.25, -0.2) is 5.32 Å². The Labute approximate surface area is 85.3 Å². The van der Waals surface area contributed by atoms with Crippen molar-refractivity contribution in [3.05, 3.63) is 29.8 Å². The number of rotatable bonds is 2. The fraction of sp³-hybridized carbons (Fsp3) is 0.500. The molecule has 1 fully saturated rings. The number of piperidine rings is 1. The number of methoxy groups -OCH3 is 1. The molecule has 1 aromatic rings. The van der Waals surface area contributed by atoms with Crippen molar-refractivity contribution < 1.29 is 4.74 Å². The molecule has 0 unspecified atom stereocenters. The Bertz CT molecular complexity index is 292. The zero-order valence-electron chi connectivity index (χ0n) is 8.57. The van der Waals surface area contributed by atoms with Gasteiger partial charge < -0.3 is 4.74 Å². The Balaban J connectivity index is 2.13. The first-order chi connectivity index (χ1) is 6.90. The number of ether oxygens (including phenoxy) is 1. The van der Waals surface area contributed by atoms with E-state index >= 15 is 0 Å². The Hall–Kier alpha value is -1.02. The van der Waals surface area contributed by atoms with Crippen LogP contribution in [0.2, 0.25) is 0 Å². The van der Waals surface area contributed by atoms with E-state index in [-0.39, 0.29) is 0 Å². The Kier molecular flexibility index (Phi) is 3.04. The molecule has 0 bridgehead atoms. The molecular formula is C12H16NO. The van der Waals surface area contributed by atoms with Gasteiger partial charge in [0.1, 0.15) is 5.75 Å². The average Bonchev–Trinajstić information content (AvgIpc) is 2.30. The maximum atomic E-state index is 5.22. The van der Waals surface area contributed by atoms with Crippen LogP contribution in [-0.2, 0) is 0 Å². The van der Waals surface area contributed by atoms with Crippen LogP contribution in [0.1, 0.15) is 24.3 Å². The predicted molar refractivity (Wildman–Crippen MR) is 56.8 cm³/mol. The second-order valence-corrected chi connectivity index (χ2v) is 3.72. The van der Waals surface area contributed by atoms with E-state index in [0.717, 1.165) is 18.8 Å². The van der Waals surface area contributed by atoms with Crippen LogP contribution in [0.4, 0.5) is 0 Å². The van der Waals surface area contributed by atoms with Crippen LogP contribution < -0.4 is 10.1 Å². The summed E-state index contributed by atoms with van der Waals surface area (Å²) >= 11 is 0. The standard InChI is InChI=1S/C12H16NO/c1-14-12-4-2-3-11(9-12)10-5-7-13-8-6-10/h2-4,9-10H,5-8H2,1H3. The van der Waals surface area contributed by atoms with E-state index in [4.69, 9.17) is 4.74 Å². The van der Waals surface area contributed by atoms with Gasteiger partial charge >= 0.3 is 0 Å². The van der Waals surface area contributed by atoms with Gasteiger partial charge in [0.25, 0.3) is 0 Å². The van der Waals surface area contributed by atoms with Crippen LogP contribution in [0.15, 0.2) is 24.3 Å². The van der Waals surface area contributed by atoms with Crippen molar-refractivity contribution >= 4 is 0 Å². The van der Waals surface area contributed by atoms with E-state index in [1.165, 1.54) is 18.4 Å². The van der Waals surface area contributed by atoms with E-state index in [0.29, 0.717) is 5.92 Å². The van der Waals surface area contributed by atoms with Gasteiger partial charge in [0.05, 0.1) is 7.11 Å². The van der Waals surface area contributed by atoms with Crippen molar-refractivity contribution in [2.24, 2.45) is 0 Å². The number of hydrogen-bond acceptors (Lipinski definition) is 1. The molecule has 1 aromatic carbocycles. The first kappa shape index (κ1) is 9.53. The number of nitrogens with zero attached hydrogens (tertiary/aromatic N) is 1. The summed E-state index contributed by atoms with van der Waals surface area (Å²) in [6.45, 7) is 2.03. The first-order valence-corrected chi connectivity index (χ1v) is 5.17. The van der Waals surface area contributed by atoms with E-state index in [2.05, 4.69) is 23.5 Å². The minimum absolute atomic E-state index is 0.683. The van der Waals surface area contributed by atoms with Crippen molar-refractivity contribution in [3.8, 4) is 5.75 Å². The summed E-state index contributed by atoms with van der Waals surface area (Å²) in [5.74, 6) is 1.65. The Morgan fingerprint density at radius 3 is 2.79 bits per heavy atom. The van der Waals surface area contributed by atoms with Crippen molar-refractivity contribution in [3.63, 3.8) is 0 Å². The van der Waals surface area contributed by atoms with E-state index in [1.807, 2.05) is 6.07 Å². The predicted octanol–water partition coefficient (Wildman–Crippen LogP) is 2.18. The fourth-order valence-electron chi connectivity index (χ4n) is 1.98. The molecule has 0 N–H and O–H groups in total. The van der Waals surface area contributed by atoms with Gasteiger partial charge in [-0.1, -0.05) is 12.1 Å². The van der Waals surface area contributed by atoms with Crippen LogP contribution in [-0.4, -0.2) is 20.2 Å². The van der Waals surface area contributed by atoms with Crippen LogP contribution in [0.5, 0.6) is 5.75 Å². The summed E-state index contributed by atoms with van der Waals surface area (Å²) in [5.41, 5.74) is 1.40. The maximum Gasteiger partial charge on any atom is 0.119 e. The number of benzene rings is 1. The van der Waals surface area contributed by atoms with Crippen LogP contribution in [0, 0.1) is 0 Å². The average molecular weight is 190 g/mol. The van der Waals surface area contributed by atoms with Crippen LogP contribution in [0.25, 0.3) is 0 Å². The van der Waals surface area contributed by atoms with Crippen LogP contribution in [0.3, 0.4) is 0 Å². The van der Waals surface area contributed by atoms with Gasteiger partial charge in [-0.3, -0.25) is 0 Å². The van der Waals surface area contributed by atoms with Gasteiger partial charge in [-0.05, 0) is 36.5 Å². The molecule has 1 radical (unpaired) electrons. The molecular weight excluding hydrogens is 174 g/mol. The molecule has 2 rings (SSSR count). The normalized spacial score (nSPS) is 18.1. The molecule has 1 saturated heterocycles. The zero-order chi connectivity index (χ0) is 9.80. The minimum atomic E-state index is 0.683. The third kappa shape index (κ3) is 2.07. The van der Waals surface area contributed by atoms with Gasteiger partial charge in [0.15, 0.2) is 0 Å². The fourth-order valence-corrected chi connectivity index (χ4v) is 1.98. The third-order valence-corrected chi connectivity index (χ3v) is 2.84. The smallest absolute Gasteiger partial charge is 0.119 e. The molecule has 0 amide bonds. The molecule has 0 aromatic heterocycles. The molecule has 0 atom stereocenters. The second kappa shape index (κ2) is 4.47. The topological polar surface area (TPSA) is 23.3 Å². The highest BCUT2D eigenvalue weighted by atomic mass is 16.5. The van der Waals surface area contributed by atoms with Gasteiger partial charge in [0.2, 0.25) is 0 Å². The lowest BCUT2D eigenvalue weighted by molar-refractivity contribution is 0.411. The summed E-state index contributed by atoms with van der Waals surface area (Å²) in [6.07, 6.45) is 2.38. The molecule has 0 saturated carbocycles. The lowest BCUT2D eigenvalue weighted by Crippen LogP contribution is -2.20. The first-order valence-electron chi connectivity index (χ1n) is 5.17. The molecule has 1 heterocycles. The largest absolute Gasteiger partial charge is 0.497 e. The monoisotopic (exact) mass is 190 g/mol. The highest BCUT2D eigenvalue weighted by molar-refractivity contribution is 5.31. The molecule has 0 spiro atoms. The van der Waals surface area contributed by atoms with Gasteiger partial charge in [0, 0.05) is 13.1 Å². The maximum absolute atomic E-state index is 5.22. The van der Waals surface area contributed by atoms with E-state index in [1.54, 1.807) is 7.11 Å². The summed E-state index contributed by atoms with van der Waals surface area (Å²) in [5, 5.41) is 4.36. The third-order valence-electron chi connectivity index (χ3n) is 2.84. The van der Waals surface area contributed by atoms with Gasteiger partial charge in [-0.15, -0.1) is 0 Å². The van der Waals surface area contributed by atoms with Crippen LogP contribution >= 0.6 is 0 Å². The molecule has 14 heavy (non-hydrogen) atoms. The quantitative estimate of drug-likeness (QED) is 0.701. The molecule has 1 aliphatic heterocycles. The van der Waals surface area contributed by atoms with E-state index in [9.17, 15) is 0 Å². The summed E-state index contributed by atoms with van der Waals surface area (Å²) < 4.78 is 5.22. The lowest BCUT2D eigenvalue weighted by Gasteiger charge is -2.22. The molecule has 75 valence electrons. The van der Waals surface area contributed by atoms with E-state index < -0.39 is 0 Å². The SMILES string of the molecule is COc1cccc(C2CC[N]CC2)c1. The van der Waals surface area contributed by atoms with Crippen molar-refractivity contribution in [2.75, 3.05) is 20.2 Å². The zero-order valence-corrected chi connectivity index (χ0v) is 8.57. The van der Waals surface area contributed by atoms with Gasteiger partial charge in [-0.2, -0.15) is 0 Å². The number of hydrogen-bond donors (Lipinski definition) is 0. The van der Waals surface area contributed by atoms with Crippen molar-refractivity contribution in [1.29, 1.82) is 0 Å². The van der Waals surface area contributed by atoms with Crippen molar-refractivity contribution in [1.82, 2.24) is 5.32 Å². The minimum Gasteiger partial charge on any atom is -0.497 e. The van der Waals surface area contributed by atoms with Crippen molar-refractivity contribution in [2.45, 2.75) is 18.8 Å². The molecule has 1 aliphatic rings. The summed E-state index contributed by atoms with van der Waals surface area (Å²) in [4.78, 5) is 0. The second-order valence-electron chi connectivity index (χ2n) is 3.72. The Morgan fingerprint density at radius 2 is 2.07 bits per heavy atom. The lowest BCUT2D eigenvalue weighted by atomic mass is 9.90. The summed E-state index contributed by atoms with van der Waals surface area (Å²) in [6, 6.07) is 8.41. The Morgan fingerprint density at radius 1 is 1.29 bits per heavy atom. The molecule has 2 heteroatoms. The molecule has 0 aliphatic carbocycles. The summed E-state index contributed by atoms with van der Waals surface area (Å²) in [7, 11) is 1.72.